The van der Waals surface area contributed by atoms with E-state index in [-0.39, 0.29) is 27.7 Å². The highest BCUT2D eigenvalue weighted by Crippen LogP contribution is 2.29. The van der Waals surface area contributed by atoms with Crippen LogP contribution in [0.3, 0.4) is 0 Å². The van der Waals surface area contributed by atoms with Crippen LogP contribution in [-0.4, -0.2) is 15.8 Å². The summed E-state index contributed by atoms with van der Waals surface area (Å²) in [5, 5.41) is 13.8. The number of aryl methyl sites for hydroxylation is 2. The Kier molecular flexibility index (Phi) is 4.95. The molecule has 1 aromatic heterocycles. The lowest BCUT2D eigenvalue weighted by atomic mass is 10.1. The molecule has 0 aliphatic carbocycles. The second-order valence-corrected chi connectivity index (χ2v) is 5.46. The van der Waals surface area contributed by atoms with Crippen LogP contribution in [0.2, 0.25) is 5.15 Å². The van der Waals surface area contributed by atoms with Crippen LogP contribution in [0.15, 0.2) is 24.3 Å². The van der Waals surface area contributed by atoms with E-state index in [1.165, 1.54) is 13.8 Å². The summed E-state index contributed by atoms with van der Waals surface area (Å²) in [5.41, 5.74) is 1.94. The first kappa shape index (κ1) is 16.9. The smallest absolute Gasteiger partial charge is 0.294 e. The van der Waals surface area contributed by atoms with Gasteiger partial charge < -0.3 is 5.32 Å². The Hall–Kier alpha value is -2.47. The van der Waals surface area contributed by atoms with E-state index in [1.807, 2.05) is 19.1 Å². The van der Waals surface area contributed by atoms with E-state index in [0.29, 0.717) is 5.69 Å². The molecule has 6 nitrogen and oxygen atoms in total. The van der Waals surface area contributed by atoms with E-state index >= 15 is 0 Å². The van der Waals surface area contributed by atoms with Crippen LogP contribution in [0.5, 0.6) is 0 Å². The number of rotatable bonds is 4. The number of nitrogens with zero attached hydrogens (tertiary/aromatic N) is 2. The van der Waals surface area contributed by atoms with E-state index < -0.39 is 10.8 Å². The van der Waals surface area contributed by atoms with Crippen LogP contribution in [-0.2, 0) is 6.42 Å². The van der Waals surface area contributed by atoms with Gasteiger partial charge in [0.05, 0.1) is 10.5 Å². The third-order valence-corrected chi connectivity index (χ3v) is 3.85. The molecule has 0 saturated carbocycles. The summed E-state index contributed by atoms with van der Waals surface area (Å²) in [6.07, 6.45) is 0.896. The zero-order valence-electron chi connectivity index (χ0n) is 13.0. The summed E-state index contributed by atoms with van der Waals surface area (Å²) in [6.45, 7) is 5.02. The second kappa shape index (κ2) is 6.75. The topological polar surface area (TPSA) is 85.1 Å². The van der Waals surface area contributed by atoms with Gasteiger partial charge in [-0.2, -0.15) is 0 Å². The number of hydrogen-bond acceptors (Lipinski definition) is 4. The molecule has 0 radical (unpaired) electrons. The lowest BCUT2D eigenvalue weighted by Gasteiger charge is -2.11. The number of amides is 1. The largest absolute Gasteiger partial charge is 0.322 e. The molecule has 0 fully saturated rings. The Labute approximate surface area is 138 Å². The number of nitro groups is 1. The summed E-state index contributed by atoms with van der Waals surface area (Å²) in [5.74, 6) is -0.521. The lowest BCUT2D eigenvalue weighted by Crippen LogP contribution is -2.16. The number of carbonyl (C=O) groups is 1. The molecule has 0 atom stereocenters. The summed E-state index contributed by atoms with van der Waals surface area (Å²) >= 11 is 6.03. The highest BCUT2D eigenvalue weighted by Gasteiger charge is 2.26. The minimum absolute atomic E-state index is 0.0172. The number of aromatic nitrogens is 1. The van der Waals surface area contributed by atoms with Crippen LogP contribution < -0.4 is 5.32 Å². The fraction of sp³-hybridized carbons (Fsp3) is 0.250. The van der Waals surface area contributed by atoms with Crippen molar-refractivity contribution < 1.29 is 9.72 Å². The van der Waals surface area contributed by atoms with E-state index in [0.717, 1.165) is 12.0 Å². The first-order chi connectivity index (χ1) is 10.8. The van der Waals surface area contributed by atoms with Crippen molar-refractivity contribution in [2.75, 3.05) is 5.32 Å². The van der Waals surface area contributed by atoms with Crippen molar-refractivity contribution in [2.24, 2.45) is 0 Å². The maximum atomic E-state index is 12.4. The van der Waals surface area contributed by atoms with Gasteiger partial charge in [0.15, 0.2) is 0 Å². The molecular formula is C16H16ClN3O3. The van der Waals surface area contributed by atoms with Gasteiger partial charge in [-0.25, -0.2) is 4.98 Å². The van der Waals surface area contributed by atoms with Gasteiger partial charge in [0.2, 0.25) is 0 Å². The predicted octanol–water partition coefficient (Wildman–Crippen LogP) is 4.07. The molecule has 120 valence electrons. The highest BCUT2D eigenvalue weighted by atomic mass is 35.5. The number of pyridine rings is 1. The Morgan fingerprint density at radius 3 is 2.43 bits per heavy atom. The van der Waals surface area contributed by atoms with Crippen molar-refractivity contribution in [3.63, 3.8) is 0 Å². The Bertz CT molecular complexity index is 773. The minimum Gasteiger partial charge on any atom is -0.322 e. The second-order valence-electron chi connectivity index (χ2n) is 5.10. The van der Waals surface area contributed by atoms with Crippen molar-refractivity contribution in [2.45, 2.75) is 27.2 Å². The molecule has 1 aromatic carbocycles. The molecule has 23 heavy (non-hydrogen) atoms. The van der Waals surface area contributed by atoms with Gasteiger partial charge in [-0.1, -0.05) is 30.7 Å². The summed E-state index contributed by atoms with van der Waals surface area (Å²) < 4.78 is 0. The molecule has 0 bridgehead atoms. The molecule has 1 amide bonds. The van der Waals surface area contributed by atoms with Gasteiger partial charge in [0.25, 0.3) is 11.6 Å². The third kappa shape index (κ3) is 3.48. The normalized spacial score (nSPS) is 10.4. The standard InChI is InChI=1S/C16H16ClN3O3/c1-4-11-5-7-12(8-6-11)19-16(21)13-9(2)14(20(22)23)10(3)18-15(13)17/h5-8H,4H2,1-3H3,(H,19,21). The Morgan fingerprint density at radius 1 is 1.30 bits per heavy atom. The molecule has 7 heteroatoms. The third-order valence-electron chi connectivity index (χ3n) is 3.57. The lowest BCUT2D eigenvalue weighted by molar-refractivity contribution is -0.386. The van der Waals surface area contributed by atoms with Crippen molar-refractivity contribution in [3.8, 4) is 0 Å². The van der Waals surface area contributed by atoms with Gasteiger partial charge >= 0.3 is 0 Å². The van der Waals surface area contributed by atoms with E-state index in [4.69, 9.17) is 11.6 Å². The fourth-order valence-corrected chi connectivity index (χ4v) is 2.71. The maximum Gasteiger partial charge on any atom is 0.294 e. The molecule has 1 heterocycles. The molecule has 2 aromatic rings. The van der Waals surface area contributed by atoms with E-state index in [1.54, 1.807) is 12.1 Å². The fourth-order valence-electron chi connectivity index (χ4n) is 2.35. The molecule has 0 aliphatic heterocycles. The number of benzene rings is 1. The number of hydrogen-bond donors (Lipinski definition) is 1. The van der Waals surface area contributed by atoms with Gasteiger partial charge in [-0.05, 0) is 38.0 Å². The van der Waals surface area contributed by atoms with Gasteiger partial charge in [-0.3, -0.25) is 14.9 Å². The van der Waals surface area contributed by atoms with Crippen LogP contribution in [0.25, 0.3) is 0 Å². The number of halogens is 1. The summed E-state index contributed by atoms with van der Waals surface area (Å²) in [4.78, 5) is 26.9. The van der Waals surface area contributed by atoms with Gasteiger partial charge in [0, 0.05) is 11.3 Å². The zero-order valence-corrected chi connectivity index (χ0v) is 13.8. The van der Waals surface area contributed by atoms with E-state index in [9.17, 15) is 14.9 Å². The van der Waals surface area contributed by atoms with Crippen molar-refractivity contribution in [1.29, 1.82) is 0 Å². The number of nitrogens with one attached hydrogen (secondary N) is 1. The van der Waals surface area contributed by atoms with Crippen LogP contribution in [0.4, 0.5) is 11.4 Å². The quantitative estimate of drug-likeness (QED) is 0.519. The van der Waals surface area contributed by atoms with Crippen molar-refractivity contribution >= 4 is 28.9 Å². The molecule has 0 aliphatic rings. The van der Waals surface area contributed by atoms with E-state index in [2.05, 4.69) is 10.3 Å². The first-order valence-corrected chi connectivity index (χ1v) is 7.44. The van der Waals surface area contributed by atoms with Gasteiger partial charge in [0.1, 0.15) is 10.8 Å². The minimum atomic E-state index is -0.555. The first-order valence-electron chi connectivity index (χ1n) is 7.06. The summed E-state index contributed by atoms with van der Waals surface area (Å²) in [6, 6.07) is 7.35. The van der Waals surface area contributed by atoms with Crippen molar-refractivity contribution in [1.82, 2.24) is 4.98 Å². The maximum absolute atomic E-state index is 12.4. The van der Waals surface area contributed by atoms with Crippen LogP contribution in [0.1, 0.15) is 34.1 Å². The molecular weight excluding hydrogens is 318 g/mol. The van der Waals surface area contributed by atoms with Crippen LogP contribution in [0, 0.1) is 24.0 Å². The molecule has 1 N–H and O–H groups in total. The SMILES string of the molecule is CCc1ccc(NC(=O)c2c(Cl)nc(C)c([N+](=O)[O-])c2C)cc1. The van der Waals surface area contributed by atoms with Gasteiger partial charge in [-0.15, -0.1) is 0 Å². The predicted molar refractivity (Wildman–Crippen MR) is 89.1 cm³/mol. The van der Waals surface area contributed by atoms with Crippen molar-refractivity contribution in [3.05, 3.63) is 61.9 Å². The molecule has 2 rings (SSSR count). The Balaban J connectivity index is 2.38. The molecule has 0 spiro atoms. The zero-order chi connectivity index (χ0) is 17.1. The molecule has 0 saturated heterocycles. The Morgan fingerprint density at radius 2 is 1.91 bits per heavy atom. The summed E-state index contributed by atoms with van der Waals surface area (Å²) in [7, 11) is 0. The highest BCUT2D eigenvalue weighted by molar-refractivity contribution is 6.33. The molecule has 0 unspecified atom stereocenters. The average molecular weight is 334 g/mol. The number of carbonyl (C=O) groups excluding carboxylic acids is 1. The van der Waals surface area contributed by atoms with Crippen LogP contribution >= 0.6 is 11.6 Å². The average Bonchev–Trinajstić information content (AvgIpc) is 2.46. The number of anilines is 1. The monoisotopic (exact) mass is 333 g/mol.